The summed E-state index contributed by atoms with van der Waals surface area (Å²) in [7, 11) is 0. The third-order valence-electron chi connectivity index (χ3n) is 4.51. The van der Waals surface area contributed by atoms with E-state index in [2.05, 4.69) is 30.9 Å². The van der Waals surface area contributed by atoms with E-state index in [1.807, 2.05) is 6.07 Å². The van der Waals surface area contributed by atoms with Crippen LogP contribution in [0.4, 0.5) is 0 Å². The standard InChI is InChI=1S/C16H24N2O2/c1-11-9-14(17)5-6-18(11)12(2)13-3-4-15-16(10-13)20-8-7-19-15/h3-4,10-12,14H,5-9,17H2,1-2H3. The van der Waals surface area contributed by atoms with E-state index in [9.17, 15) is 0 Å². The Morgan fingerprint density at radius 2 is 2.00 bits per heavy atom. The van der Waals surface area contributed by atoms with Gasteiger partial charge in [0.2, 0.25) is 0 Å². The lowest BCUT2D eigenvalue weighted by atomic mass is 9.95. The summed E-state index contributed by atoms with van der Waals surface area (Å²) in [4.78, 5) is 2.54. The van der Waals surface area contributed by atoms with E-state index in [0.29, 0.717) is 31.3 Å². The molecule has 0 aliphatic carbocycles. The third-order valence-corrected chi connectivity index (χ3v) is 4.51. The van der Waals surface area contributed by atoms with Crippen LogP contribution in [0.5, 0.6) is 11.5 Å². The molecule has 0 amide bonds. The lowest BCUT2D eigenvalue weighted by molar-refractivity contribution is 0.104. The van der Waals surface area contributed by atoms with E-state index in [0.717, 1.165) is 30.9 Å². The van der Waals surface area contributed by atoms with Gasteiger partial charge in [0.05, 0.1) is 0 Å². The Kier molecular flexibility index (Phi) is 3.85. The smallest absolute Gasteiger partial charge is 0.161 e. The van der Waals surface area contributed by atoms with Gasteiger partial charge in [-0.2, -0.15) is 0 Å². The first-order chi connectivity index (χ1) is 9.65. The molecular formula is C16H24N2O2. The number of nitrogens with two attached hydrogens (primary N) is 1. The van der Waals surface area contributed by atoms with Crippen molar-refractivity contribution in [3.05, 3.63) is 23.8 Å². The third kappa shape index (κ3) is 2.63. The number of hydrogen-bond acceptors (Lipinski definition) is 4. The van der Waals surface area contributed by atoms with Crippen molar-refractivity contribution >= 4 is 0 Å². The summed E-state index contributed by atoms with van der Waals surface area (Å²) >= 11 is 0. The Labute approximate surface area is 120 Å². The molecule has 2 N–H and O–H groups in total. The minimum atomic E-state index is 0.355. The van der Waals surface area contributed by atoms with Crippen LogP contribution in [0.15, 0.2) is 18.2 Å². The maximum atomic E-state index is 6.05. The van der Waals surface area contributed by atoms with Crippen LogP contribution in [0.2, 0.25) is 0 Å². The van der Waals surface area contributed by atoms with Crippen molar-refractivity contribution in [3.8, 4) is 11.5 Å². The van der Waals surface area contributed by atoms with E-state index >= 15 is 0 Å². The molecule has 4 nitrogen and oxygen atoms in total. The molecule has 3 atom stereocenters. The molecule has 0 radical (unpaired) electrons. The molecule has 0 bridgehead atoms. The maximum Gasteiger partial charge on any atom is 0.161 e. The molecule has 4 heteroatoms. The van der Waals surface area contributed by atoms with Crippen LogP contribution >= 0.6 is 0 Å². The van der Waals surface area contributed by atoms with Crippen molar-refractivity contribution in [1.29, 1.82) is 0 Å². The monoisotopic (exact) mass is 276 g/mol. The molecule has 1 aromatic rings. The Hall–Kier alpha value is -1.26. The number of nitrogens with zero attached hydrogens (tertiary/aromatic N) is 1. The zero-order chi connectivity index (χ0) is 14.1. The van der Waals surface area contributed by atoms with Gasteiger partial charge in [0.25, 0.3) is 0 Å². The molecule has 0 spiro atoms. The lowest BCUT2D eigenvalue weighted by Gasteiger charge is -2.40. The minimum absolute atomic E-state index is 0.355. The Bertz CT molecular complexity index is 478. The van der Waals surface area contributed by atoms with Crippen molar-refractivity contribution in [1.82, 2.24) is 4.90 Å². The second kappa shape index (κ2) is 5.62. The number of ether oxygens (including phenoxy) is 2. The van der Waals surface area contributed by atoms with Gasteiger partial charge in [-0.15, -0.1) is 0 Å². The quantitative estimate of drug-likeness (QED) is 0.900. The first-order valence-electron chi connectivity index (χ1n) is 7.56. The van der Waals surface area contributed by atoms with Gasteiger partial charge in [0.15, 0.2) is 11.5 Å². The van der Waals surface area contributed by atoms with E-state index in [4.69, 9.17) is 15.2 Å². The van der Waals surface area contributed by atoms with Gasteiger partial charge >= 0.3 is 0 Å². The molecule has 1 fully saturated rings. The van der Waals surface area contributed by atoms with Gasteiger partial charge in [0, 0.05) is 24.7 Å². The topological polar surface area (TPSA) is 47.7 Å². The van der Waals surface area contributed by atoms with Gasteiger partial charge in [-0.3, -0.25) is 4.90 Å². The van der Waals surface area contributed by atoms with Crippen molar-refractivity contribution < 1.29 is 9.47 Å². The van der Waals surface area contributed by atoms with Gasteiger partial charge in [0.1, 0.15) is 13.2 Å². The number of hydrogen-bond donors (Lipinski definition) is 1. The molecule has 2 heterocycles. The van der Waals surface area contributed by atoms with Crippen LogP contribution in [0.1, 0.15) is 38.3 Å². The summed E-state index contributed by atoms with van der Waals surface area (Å²) in [5.41, 5.74) is 7.34. The highest BCUT2D eigenvalue weighted by Crippen LogP contribution is 2.35. The number of rotatable bonds is 2. The summed E-state index contributed by atoms with van der Waals surface area (Å²) in [5.74, 6) is 1.74. The molecule has 110 valence electrons. The average Bonchev–Trinajstić information content (AvgIpc) is 2.46. The summed E-state index contributed by atoms with van der Waals surface area (Å²) in [6.45, 7) is 6.88. The number of benzene rings is 1. The molecule has 2 aliphatic rings. The average molecular weight is 276 g/mol. The number of likely N-dealkylation sites (tertiary alicyclic amines) is 1. The second-order valence-corrected chi connectivity index (χ2v) is 5.95. The van der Waals surface area contributed by atoms with E-state index in [-0.39, 0.29) is 0 Å². The number of fused-ring (bicyclic) bond motifs is 1. The van der Waals surface area contributed by atoms with Crippen LogP contribution in [-0.4, -0.2) is 36.7 Å². The van der Waals surface area contributed by atoms with E-state index in [1.165, 1.54) is 5.56 Å². The zero-order valence-electron chi connectivity index (χ0n) is 12.3. The fourth-order valence-electron chi connectivity index (χ4n) is 3.31. The highest BCUT2D eigenvalue weighted by molar-refractivity contribution is 5.44. The van der Waals surface area contributed by atoms with Crippen molar-refractivity contribution in [2.24, 2.45) is 5.73 Å². The second-order valence-electron chi connectivity index (χ2n) is 5.95. The molecule has 1 aromatic carbocycles. The molecule has 20 heavy (non-hydrogen) atoms. The van der Waals surface area contributed by atoms with Gasteiger partial charge in [-0.05, 0) is 44.4 Å². The van der Waals surface area contributed by atoms with Gasteiger partial charge < -0.3 is 15.2 Å². The van der Waals surface area contributed by atoms with Crippen LogP contribution in [0.3, 0.4) is 0 Å². The normalized spacial score (nSPS) is 28.1. The molecule has 2 aliphatic heterocycles. The lowest BCUT2D eigenvalue weighted by Crippen LogP contribution is -2.46. The Morgan fingerprint density at radius 3 is 2.75 bits per heavy atom. The largest absolute Gasteiger partial charge is 0.486 e. The summed E-state index contributed by atoms with van der Waals surface area (Å²) < 4.78 is 11.3. The minimum Gasteiger partial charge on any atom is -0.486 e. The van der Waals surface area contributed by atoms with Crippen molar-refractivity contribution in [2.45, 2.75) is 44.8 Å². The molecule has 1 saturated heterocycles. The van der Waals surface area contributed by atoms with Crippen LogP contribution < -0.4 is 15.2 Å². The summed E-state index contributed by atoms with van der Waals surface area (Å²) in [5, 5.41) is 0. The van der Waals surface area contributed by atoms with E-state index in [1.54, 1.807) is 0 Å². The molecular weight excluding hydrogens is 252 g/mol. The first kappa shape index (κ1) is 13.7. The zero-order valence-corrected chi connectivity index (χ0v) is 12.3. The first-order valence-corrected chi connectivity index (χ1v) is 7.56. The highest BCUT2D eigenvalue weighted by Gasteiger charge is 2.28. The Morgan fingerprint density at radius 1 is 1.25 bits per heavy atom. The van der Waals surface area contributed by atoms with E-state index < -0.39 is 0 Å². The summed E-state index contributed by atoms with van der Waals surface area (Å²) in [6.07, 6.45) is 2.16. The predicted octanol–water partition coefficient (Wildman–Crippen LogP) is 2.33. The Balaban J connectivity index is 1.78. The fraction of sp³-hybridized carbons (Fsp3) is 0.625. The molecule has 0 aromatic heterocycles. The van der Waals surface area contributed by atoms with Crippen LogP contribution in [0.25, 0.3) is 0 Å². The maximum absolute atomic E-state index is 6.05. The predicted molar refractivity (Wildman–Crippen MR) is 79.2 cm³/mol. The fourth-order valence-corrected chi connectivity index (χ4v) is 3.31. The van der Waals surface area contributed by atoms with Crippen LogP contribution in [0, 0.1) is 0 Å². The summed E-state index contributed by atoms with van der Waals surface area (Å²) in [6, 6.07) is 7.57. The SMILES string of the molecule is CC1CC(N)CCN1C(C)c1ccc2c(c1)OCCO2. The van der Waals surface area contributed by atoms with Gasteiger partial charge in [-0.1, -0.05) is 6.07 Å². The highest BCUT2D eigenvalue weighted by atomic mass is 16.6. The van der Waals surface area contributed by atoms with Crippen molar-refractivity contribution in [3.63, 3.8) is 0 Å². The van der Waals surface area contributed by atoms with Crippen LogP contribution in [-0.2, 0) is 0 Å². The number of piperidine rings is 1. The van der Waals surface area contributed by atoms with Gasteiger partial charge in [-0.25, -0.2) is 0 Å². The molecule has 3 rings (SSSR count). The van der Waals surface area contributed by atoms with Crippen molar-refractivity contribution in [2.75, 3.05) is 19.8 Å². The molecule has 3 unspecified atom stereocenters. The molecule has 0 saturated carbocycles.